The molecule has 0 amide bonds. The molecule has 2 N–H and O–H groups in total. The van der Waals surface area contributed by atoms with Gasteiger partial charge in [-0.1, -0.05) is 9.36 Å². The van der Waals surface area contributed by atoms with Gasteiger partial charge in [-0.05, 0) is 0 Å². The summed E-state index contributed by atoms with van der Waals surface area (Å²) in [7, 11) is 0. The van der Waals surface area contributed by atoms with Crippen molar-refractivity contribution in [3.8, 4) is 0 Å². The van der Waals surface area contributed by atoms with Gasteiger partial charge in [-0.3, -0.25) is 0 Å². The van der Waals surface area contributed by atoms with Gasteiger partial charge >= 0.3 is 6.67 Å². The smallest absolute Gasteiger partial charge is 0.168 e. The fourth-order valence-corrected chi connectivity index (χ4v) is 0.998. The van der Waals surface area contributed by atoms with Crippen LogP contribution in [0.4, 0.5) is 0 Å². The van der Waals surface area contributed by atoms with Crippen LogP contribution in [0.3, 0.4) is 0 Å². The number of hydrogen-bond donors (Lipinski definition) is 2. The summed E-state index contributed by atoms with van der Waals surface area (Å²) in [5, 5.41) is 6.10. The molecule has 0 saturated carbocycles. The Morgan fingerprint density at radius 1 is 0.909 bits per heavy atom. The van der Waals surface area contributed by atoms with Crippen molar-refractivity contribution in [3.05, 3.63) is 36.9 Å². The van der Waals surface area contributed by atoms with Crippen molar-refractivity contribution in [1.29, 1.82) is 0 Å². The van der Waals surface area contributed by atoms with Crippen molar-refractivity contribution in [3.63, 3.8) is 0 Å². The molecule has 11 heavy (non-hydrogen) atoms. The Kier molecular flexibility index (Phi) is 1.44. The highest BCUT2D eigenvalue weighted by atomic mass is 15.4. The SMILES string of the molecule is c1c[nH][n+](C[n+]2ccc[nH]2)c1. The van der Waals surface area contributed by atoms with E-state index in [0.717, 1.165) is 6.67 Å². The molecule has 4 nitrogen and oxygen atoms in total. The van der Waals surface area contributed by atoms with Gasteiger partial charge in [-0.15, -0.1) is 0 Å². The molecule has 0 spiro atoms. The lowest BCUT2D eigenvalue weighted by Crippen LogP contribution is -2.53. The van der Waals surface area contributed by atoms with E-state index in [2.05, 4.69) is 10.2 Å². The fourth-order valence-electron chi connectivity index (χ4n) is 0.998. The van der Waals surface area contributed by atoms with Crippen molar-refractivity contribution in [2.45, 2.75) is 6.67 Å². The largest absolute Gasteiger partial charge is 0.386 e. The highest BCUT2D eigenvalue weighted by molar-refractivity contribution is 4.67. The Bertz CT molecular complexity index is 263. The number of hydrogen-bond acceptors (Lipinski definition) is 0. The third-order valence-electron chi connectivity index (χ3n) is 1.51. The maximum Gasteiger partial charge on any atom is 0.386 e. The van der Waals surface area contributed by atoms with Gasteiger partial charge in [0.2, 0.25) is 12.4 Å². The standard InChI is InChI=1S/C7H8N4/c1-3-8-10(5-1)7-11-6-2-4-9-11/h1-6H,7H2/p+2. The fraction of sp³-hybridized carbons (Fsp3) is 0.143. The van der Waals surface area contributed by atoms with Gasteiger partial charge in [0.1, 0.15) is 0 Å². The molecule has 2 aromatic rings. The van der Waals surface area contributed by atoms with Crippen LogP contribution < -0.4 is 9.36 Å². The van der Waals surface area contributed by atoms with Gasteiger partial charge in [0.25, 0.3) is 0 Å². The van der Waals surface area contributed by atoms with Gasteiger partial charge in [0, 0.05) is 12.1 Å². The number of H-pyrrole nitrogens is 2. The Labute approximate surface area is 64.1 Å². The molecule has 0 unspecified atom stereocenters. The first-order chi connectivity index (χ1) is 5.45. The molecule has 2 aromatic heterocycles. The van der Waals surface area contributed by atoms with Crippen LogP contribution >= 0.6 is 0 Å². The number of nitrogens with one attached hydrogen (secondary N) is 2. The number of aromatic amines is 2. The summed E-state index contributed by atoms with van der Waals surface area (Å²) in [6, 6.07) is 3.92. The van der Waals surface area contributed by atoms with Gasteiger partial charge in [-0.25, -0.2) is 0 Å². The van der Waals surface area contributed by atoms with E-state index in [0.29, 0.717) is 0 Å². The van der Waals surface area contributed by atoms with Crippen LogP contribution in [0.1, 0.15) is 0 Å². The quantitative estimate of drug-likeness (QED) is 0.538. The summed E-state index contributed by atoms with van der Waals surface area (Å²) in [4.78, 5) is 0. The summed E-state index contributed by atoms with van der Waals surface area (Å²) in [6.45, 7) is 0.792. The van der Waals surface area contributed by atoms with Gasteiger partial charge in [-0.2, -0.15) is 10.2 Å². The topological polar surface area (TPSA) is 39.3 Å². The van der Waals surface area contributed by atoms with E-state index in [9.17, 15) is 0 Å². The van der Waals surface area contributed by atoms with Crippen molar-refractivity contribution < 1.29 is 9.36 Å². The van der Waals surface area contributed by atoms with Gasteiger partial charge < -0.3 is 0 Å². The second-order valence-electron chi connectivity index (χ2n) is 2.36. The zero-order chi connectivity index (χ0) is 7.52. The lowest BCUT2D eigenvalue weighted by molar-refractivity contribution is -0.959. The average molecular weight is 150 g/mol. The molecule has 0 radical (unpaired) electrons. The minimum Gasteiger partial charge on any atom is -0.168 e. The minimum atomic E-state index is 0.792. The lowest BCUT2D eigenvalue weighted by atomic mass is 10.7. The Hall–Kier alpha value is -1.58. The molecule has 0 aliphatic heterocycles. The van der Waals surface area contributed by atoms with Crippen molar-refractivity contribution >= 4 is 0 Å². The Morgan fingerprint density at radius 2 is 1.45 bits per heavy atom. The van der Waals surface area contributed by atoms with E-state index in [1.807, 2.05) is 46.3 Å². The molecule has 4 heteroatoms. The minimum absolute atomic E-state index is 0.792. The molecule has 0 atom stereocenters. The summed E-state index contributed by atoms with van der Waals surface area (Å²) in [5.41, 5.74) is 0. The van der Waals surface area contributed by atoms with Gasteiger partial charge in [0.15, 0.2) is 0 Å². The zero-order valence-electron chi connectivity index (χ0n) is 6.07. The first-order valence-corrected chi connectivity index (χ1v) is 3.51. The third-order valence-corrected chi connectivity index (χ3v) is 1.51. The molecule has 0 saturated heterocycles. The van der Waals surface area contributed by atoms with Crippen LogP contribution in [0.5, 0.6) is 0 Å². The maximum absolute atomic E-state index is 3.05. The molecule has 0 fully saturated rings. The predicted molar refractivity (Wildman–Crippen MR) is 37.4 cm³/mol. The number of aromatic nitrogens is 4. The van der Waals surface area contributed by atoms with E-state index >= 15 is 0 Å². The third kappa shape index (κ3) is 1.29. The Morgan fingerprint density at radius 3 is 1.82 bits per heavy atom. The number of rotatable bonds is 2. The monoisotopic (exact) mass is 150 g/mol. The van der Waals surface area contributed by atoms with E-state index in [4.69, 9.17) is 0 Å². The highest BCUT2D eigenvalue weighted by Crippen LogP contribution is 1.70. The molecule has 0 bridgehead atoms. The van der Waals surface area contributed by atoms with Crippen LogP contribution in [-0.2, 0) is 6.67 Å². The second kappa shape index (κ2) is 2.57. The van der Waals surface area contributed by atoms with Crippen molar-refractivity contribution in [1.82, 2.24) is 10.2 Å². The van der Waals surface area contributed by atoms with Crippen LogP contribution in [0.25, 0.3) is 0 Å². The first kappa shape index (κ1) is 6.15. The molecule has 0 aliphatic rings. The van der Waals surface area contributed by atoms with Crippen molar-refractivity contribution in [2.75, 3.05) is 0 Å². The average Bonchev–Trinajstić information content (AvgIpc) is 2.60. The zero-order valence-corrected chi connectivity index (χ0v) is 6.07. The molecule has 2 rings (SSSR count). The predicted octanol–water partition coefficient (Wildman–Crippen LogP) is -0.576. The van der Waals surface area contributed by atoms with E-state index in [1.165, 1.54) is 0 Å². The number of nitrogens with zero attached hydrogens (tertiary/aromatic N) is 2. The van der Waals surface area contributed by atoms with Gasteiger partial charge in [0.05, 0.1) is 12.4 Å². The normalized spacial score (nSPS) is 10.2. The molecular weight excluding hydrogens is 140 g/mol. The lowest BCUT2D eigenvalue weighted by Gasteiger charge is -1.82. The molecular formula is C7H10N4+2. The van der Waals surface area contributed by atoms with E-state index in [1.54, 1.807) is 0 Å². The van der Waals surface area contributed by atoms with Crippen LogP contribution in [-0.4, -0.2) is 10.2 Å². The van der Waals surface area contributed by atoms with Crippen molar-refractivity contribution in [2.24, 2.45) is 0 Å². The maximum atomic E-state index is 3.05. The van der Waals surface area contributed by atoms with Crippen LogP contribution in [0, 0.1) is 0 Å². The summed E-state index contributed by atoms with van der Waals surface area (Å²) in [5.74, 6) is 0. The molecule has 2 heterocycles. The molecule has 0 aromatic carbocycles. The highest BCUT2D eigenvalue weighted by Gasteiger charge is 2.06. The second-order valence-corrected chi connectivity index (χ2v) is 2.36. The van der Waals surface area contributed by atoms with E-state index in [-0.39, 0.29) is 0 Å². The molecule has 56 valence electrons. The summed E-state index contributed by atoms with van der Waals surface area (Å²) in [6.07, 6.45) is 7.74. The van der Waals surface area contributed by atoms with Crippen LogP contribution in [0.2, 0.25) is 0 Å². The first-order valence-electron chi connectivity index (χ1n) is 3.51. The summed E-state index contributed by atoms with van der Waals surface area (Å²) < 4.78 is 3.94. The summed E-state index contributed by atoms with van der Waals surface area (Å²) >= 11 is 0. The van der Waals surface area contributed by atoms with E-state index < -0.39 is 0 Å². The van der Waals surface area contributed by atoms with Crippen LogP contribution in [0.15, 0.2) is 36.9 Å². The molecule has 0 aliphatic carbocycles. The Balaban J connectivity index is 2.14.